The van der Waals surface area contributed by atoms with Crippen LogP contribution in [0, 0.1) is 0 Å². The maximum Gasteiger partial charge on any atom is 0.332 e. The number of H-pyrrole nitrogens is 1. The van der Waals surface area contributed by atoms with Crippen molar-refractivity contribution in [2.45, 2.75) is 19.9 Å². The first kappa shape index (κ1) is 17.4. The van der Waals surface area contributed by atoms with Gasteiger partial charge in [0, 0.05) is 25.2 Å². The van der Waals surface area contributed by atoms with Crippen molar-refractivity contribution in [2.75, 3.05) is 0 Å². The Morgan fingerprint density at radius 2 is 1.96 bits per heavy atom. The summed E-state index contributed by atoms with van der Waals surface area (Å²) >= 11 is 0. The Bertz CT molecular complexity index is 1120. The molecule has 134 valence electrons. The quantitative estimate of drug-likeness (QED) is 0.676. The molecular weight excluding hydrogens is 336 g/mol. The number of carbonyl (C=O) groups is 1. The Kier molecular flexibility index (Phi) is 4.57. The van der Waals surface area contributed by atoms with Crippen LogP contribution >= 0.6 is 0 Å². The highest BCUT2D eigenvalue weighted by atomic mass is 16.4. The van der Waals surface area contributed by atoms with Crippen molar-refractivity contribution in [1.29, 1.82) is 0 Å². The zero-order valence-corrected chi connectivity index (χ0v) is 14.4. The number of carboxylic acids is 1. The van der Waals surface area contributed by atoms with Gasteiger partial charge in [0.05, 0.1) is 0 Å². The molecule has 0 aliphatic heterocycles. The molecule has 0 spiro atoms. The van der Waals surface area contributed by atoms with Crippen LogP contribution in [-0.2, 0) is 18.4 Å². The number of aromatic amines is 1. The molecule has 0 atom stereocenters. The SMILES string of the molecule is CCCn1c(=O)n(C)c(=O)c2[nH]c(-c3ccc(/C=C/C(=O)O)cc3)nc21. The molecule has 0 bridgehead atoms. The molecule has 0 fully saturated rings. The number of nitrogens with one attached hydrogen (secondary N) is 1. The molecule has 1 aromatic carbocycles. The maximum atomic E-state index is 12.4. The summed E-state index contributed by atoms with van der Waals surface area (Å²) in [5.41, 5.74) is 1.26. The molecule has 2 aromatic heterocycles. The molecule has 0 unspecified atom stereocenters. The van der Waals surface area contributed by atoms with Gasteiger partial charge < -0.3 is 10.1 Å². The molecule has 2 N–H and O–H groups in total. The van der Waals surface area contributed by atoms with Crippen molar-refractivity contribution < 1.29 is 9.90 Å². The van der Waals surface area contributed by atoms with E-state index in [0.29, 0.717) is 18.0 Å². The number of hydrogen-bond donors (Lipinski definition) is 2. The summed E-state index contributed by atoms with van der Waals surface area (Å²) in [4.78, 5) is 42.7. The van der Waals surface area contributed by atoms with Gasteiger partial charge >= 0.3 is 11.7 Å². The third-order valence-electron chi connectivity index (χ3n) is 4.03. The molecule has 2 heterocycles. The van der Waals surface area contributed by atoms with Crippen LogP contribution in [0.2, 0.25) is 0 Å². The highest BCUT2D eigenvalue weighted by Crippen LogP contribution is 2.19. The molecule has 0 aliphatic rings. The lowest BCUT2D eigenvalue weighted by molar-refractivity contribution is -0.131. The third-order valence-corrected chi connectivity index (χ3v) is 4.03. The lowest BCUT2D eigenvalue weighted by Crippen LogP contribution is -2.38. The lowest BCUT2D eigenvalue weighted by Gasteiger charge is -2.06. The summed E-state index contributed by atoms with van der Waals surface area (Å²) in [7, 11) is 1.44. The second-order valence-electron chi connectivity index (χ2n) is 5.88. The molecule has 0 saturated heterocycles. The summed E-state index contributed by atoms with van der Waals surface area (Å²) in [5.74, 6) is -0.544. The fourth-order valence-corrected chi connectivity index (χ4v) is 2.72. The summed E-state index contributed by atoms with van der Waals surface area (Å²) in [6.07, 6.45) is 3.28. The number of nitrogens with zero attached hydrogens (tertiary/aromatic N) is 3. The van der Waals surface area contributed by atoms with Crippen LogP contribution in [0.1, 0.15) is 18.9 Å². The minimum atomic E-state index is -1.02. The minimum Gasteiger partial charge on any atom is -0.478 e. The van der Waals surface area contributed by atoms with Crippen LogP contribution in [0.4, 0.5) is 0 Å². The smallest absolute Gasteiger partial charge is 0.332 e. The molecule has 8 heteroatoms. The van der Waals surface area contributed by atoms with Gasteiger partial charge in [-0.25, -0.2) is 14.6 Å². The molecule has 3 aromatic rings. The van der Waals surface area contributed by atoms with Crippen molar-refractivity contribution in [1.82, 2.24) is 19.1 Å². The summed E-state index contributed by atoms with van der Waals surface area (Å²) in [5, 5.41) is 8.67. The zero-order valence-electron chi connectivity index (χ0n) is 14.4. The molecule has 0 aliphatic carbocycles. The van der Waals surface area contributed by atoms with Crippen LogP contribution in [0.15, 0.2) is 39.9 Å². The van der Waals surface area contributed by atoms with Crippen LogP contribution in [-0.4, -0.2) is 30.2 Å². The molecule has 26 heavy (non-hydrogen) atoms. The zero-order chi connectivity index (χ0) is 18.8. The van der Waals surface area contributed by atoms with Crippen molar-refractivity contribution in [2.24, 2.45) is 7.05 Å². The maximum absolute atomic E-state index is 12.4. The molecule has 3 rings (SSSR count). The summed E-state index contributed by atoms with van der Waals surface area (Å²) < 4.78 is 2.56. The third kappa shape index (κ3) is 3.08. The van der Waals surface area contributed by atoms with E-state index in [4.69, 9.17) is 5.11 Å². The highest BCUT2D eigenvalue weighted by molar-refractivity contribution is 5.85. The standard InChI is InChI=1S/C18H18N4O4/c1-3-10-22-16-14(17(25)21(2)18(22)26)19-15(20-16)12-7-4-11(5-8-12)6-9-13(23)24/h4-9H,3,10H2,1-2H3,(H,19,20)(H,23,24)/b9-6+. The number of carboxylic acid groups (broad SMARTS) is 1. The molecule has 8 nitrogen and oxygen atoms in total. The van der Waals surface area contributed by atoms with Gasteiger partial charge in [-0.3, -0.25) is 13.9 Å². The van der Waals surface area contributed by atoms with Crippen LogP contribution in [0.25, 0.3) is 28.6 Å². The van der Waals surface area contributed by atoms with Gasteiger partial charge in [0.1, 0.15) is 11.3 Å². The minimum absolute atomic E-state index is 0.283. The van der Waals surface area contributed by atoms with Crippen molar-refractivity contribution in [3.8, 4) is 11.4 Å². The van der Waals surface area contributed by atoms with E-state index in [9.17, 15) is 14.4 Å². The van der Waals surface area contributed by atoms with Crippen molar-refractivity contribution in [3.63, 3.8) is 0 Å². The van der Waals surface area contributed by atoms with E-state index >= 15 is 0 Å². The molecule has 0 saturated carbocycles. The van der Waals surface area contributed by atoms with Gasteiger partial charge in [-0.05, 0) is 18.1 Å². The van der Waals surface area contributed by atoms with Crippen molar-refractivity contribution in [3.05, 3.63) is 56.7 Å². The fraction of sp³-hybridized carbons (Fsp3) is 0.222. The summed E-state index contributed by atoms with van der Waals surface area (Å²) in [6.45, 7) is 2.41. The highest BCUT2D eigenvalue weighted by Gasteiger charge is 2.15. The molecule has 0 amide bonds. The predicted molar refractivity (Wildman–Crippen MR) is 98.0 cm³/mol. The van der Waals surface area contributed by atoms with Crippen molar-refractivity contribution >= 4 is 23.2 Å². The fourth-order valence-electron chi connectivity index (χ4n) is 2.72. The predicted octanol–water partition coefficient (Wildman–Crippen LogP) is 1.60. The number of aliphatic carboxylic acids is 1. The number of fused-ring (bicyclic) bond motifs is 1. The summed E-state index contributed by atoms with van der Waals surface area (Å²) in [6, 6.07) is 7.04. The Balaban J connectivity index is 2.11. The van der Waals surface area contributed by atoms with Gasteiger partial charge in [-0.1, -0.05) is 31.2 Å². The Morgan fingerprint density at radius 1 is 1.27 bits per heavy atom. The van der Waals surface area contributed by atoms with Gasteiger partial charge in [-0.15, -0.1) is 0 Å². The van der Waals surface area contributed by atoms with E-state index in [1.807, 2.05) is 6.92 Å². The number of imidazole rings is 1. The van der Waals surface area contributed by atoms with Crippen LogP contribution < -0.4 is 11.2 Å². The largest absolute Gasteiger partial charge is 0.478 e. The number of hydrogen-bond acceptors (Lipinski definition) is 4. The lowest BCUT2D eigenvalue weighted by atomic mass is 10.1. The Hall–Kier alpha value is -3.42. The number of aromatic nitrogens is 4. The van der Waals surface area contributed by atoms with E-state index < -0.39 is 17.2 Å². The van der Waals surface area contributed by atoms with E-state index in [1.165, 1.54) is 17.7 Å². The topological polar surface area (TPSA) is 110 Å². The second-order valence-corrected chi connectivity index (χ2v) is 5.88. The van der Waals surface area contributed by atoms with Gasteiger partial charge in [-0.2, -0.15) is 0 Å². The molecule has 0 radical (unpaired) electrons. The van der Waals surface area contributed by atoms with Crippen LogP contribution in [0.3, 0.4) is 0 Å². The average Bonchev–Trinajstić information content (AvgIpc) is 3.07. The molecular formula is C18H18N4O4. The first-order valence-corrected chi connectivity index (χ1v) is 8.13. The average molecular weight is 354 g/mol. The van der Waals surface area contributed by atoms with E-state index in [1.54, 1.807) is 24.3 Å². The first-order chi connectivity index (χ1) is 12.4. The van der Waals surface area contributed by atoms with Gasteiger partial charge in [0.25, 0.3) is 5.56 Å². The Labute approximate surface area is 148 Å². The van der Waals surface area contributed by atoms with Gasteiger partial charge in [0.15, 0.2) is 5.65 Å². The number of aryl methyl sites for hydroxylation is 1. The van der Waals surface area contributed by atoms with E-state index in [0.717, 1.165) is 28.2 Å². The normalized spacial score (nSPS) is 11.5. The van der Waals surface area contributed by atoms with Crippen LogP contribution in [0.5, 0.6) is 0 Å². The monoisotopic (exact) mass is 354 g/mol. The first-order valence-electron chi connectivity index (χ1n) is 8.13. The second kappa shape index (κ2) is 6.83. The van der Waals surface area contributed by atoms with E-state index in [-0.39, 0.29) is 5.52 Å². The number of rotatable bonds is 5. The Morgan fingerprint density at radius 3 is 2.58 bits per heavy atom. The van der Waals surface area contributed by atoms with Gasteiger partial charge in [0.2, 0.25) is 0 Å². The van der Waals surface area contributed by atoms with E-state index in [2.05, 4.69) is 9.97 Å². The number of benzene rings is 1.